The van der Waals surface area contributed by atoms with Gasteiger partial charge in [0.2, 0.25) is 0 Å². The molecule has 0 aliphatic carbocycles. The number of hydrogen-bond donors (Lipinski definition) is 1. The summed E-state index contributed by atoms with van der Waals surface area (Å²) in [5, 5.41) is 9.61. The SMILES string of the molecule is CC(O)c1cc(Br)ccc1OCCCOCC(F)(F)F. The number of benzene rings is 1. The Morgan fingerprint density at radius 1 is 1.30 bits per heavy atom. The molecule has 20 heavy (non-hydrogen) atoms. The largest absolute Gasteiger partial charge is 0.493 e. The molecule has 0 spiro atoms. The zero-order valence-corrected chi connectivity index (χ0v) is 12.5. The summed E-state index contributed by atoms with van der Waals surface area (Å²) in [6.07, 6.45) is -4.65. The third kappa shape index (κ3) is 6.58. The molecule has 0 fully saturated rings. The molecular formula is C13H16BrF3O3. The Hall–Kier alpha value is -0.790. The number of aliphatic hydroxyl groups excluding tert-OH is 1. The second kappa shape index (κ2) is 7.85. The van der Waals surface area contributed by atoms with Gasteiger partial charge in [0.1, 0.15) is 12.4 Å². The lowest BCUT2D eigenvalue weighted by Gasteiger charge is -2.14. The lowest BCUT2D eigenvalue weighted by molar-refractivity contribution is -0.174. The van der Waals surface area contributed by atoms with Crippen molar-refractivity contribution >= 4 is 15.9 Å². The second-order valence-electron chi connectivity index (χ2n) is 4.23. The minimum Gasteiger partial charge on any atom is -0.493 e. The van der Waals surface area contributed by atoms with Crippen molar-refractivity contribution in [3.8, 4) is 5.75 Å². The fraction of sp³-hybridized carbons (Fsp3) is 0.538. The van der Waals surface area contributed by atoms with E-state index in [1.165, 1.54) is 0 Å². The molecule has 114 valence electrons. The molecule has 1 aromatic rings. The van der Waals surface area contributed by atoms with E-state index in [9.17, 15) is 18.3 Å². The van der Waals surface area contributed by atoms with Crippen LogP contribution in [0.25, 0.3) is 0 Å². The van der Waals surface area contributed by atoms with Gasteiger partial charge in [0, 0.05) is 16.5 Å². The van der Waals surface area contributed by atoms with Crippen LogP contribution in [0.2, 0.25) is 0 Å². The van der Waals surface area contributed by atoms with Gasteiger partial charge in [0.25, 0.3) is 0 Å². The molecule has 0 amide bonds. The molecule has 0 saturated heterocycles. The monoisotopic (exact) mass is 356 g/mol. The predicted molar refractivity (Wildman–Crippen MR) is 71.8 cm³/mol. The number of aliphatic hydroxyl groups is 1. The first-order valence-electron chi connectivity index (χ1n) is 6.04. The lowest BCUT2D eigenvalue weighted by atomic mass is 10.1. The van der Waals surface area contributed by atoms with Gasteiger partial charge in [-0.25, -0.2) is 0 Å². The number of halogens is 4. The molecule has 0 heterocycles. The van der Waals surface area contributed by atoms with Gasteiger partial charge in [0.05, 0.1) is 19.3 Å². The predicted octanol–water partition coefficient (Wildman–Crippen LogP) is 3.85. The first-order valence-corrected chi connectivity index (χ1v) is 6.83. The van der Waals surface area contributed by atoms with Gasteiger partial charge in [0.15, 0.2) is 0 Å². The quantitative estimate of drug-likeness (QED) is 0.754. The van der Waals surface area contributed by atoms with E-state index < -0.39 is 18.9 Å². The highest BCUT2D eigenvalue weighted by Crippen LogP contribution is 2.28. The fourth-order valence-corrected chi connectivity index (χ4v) is 1.89. The van der Waals surface area contributed by atoms with E-state index in [0.29, 0.717) is 17.7 Å². The molecule has 7 heteroatoms. The minimum atomic E-state index is -4.30. The highest BCUT2D eigenvalue weighted by Gasteiger charge is 2.27. The van der Waals surface area contributed by atoms with E-state index in [4.69, 9.17) is 4.74 Å². The Bertz CT molecular complexity index is 422. The molecule has 1 N–H and O–H groups in total. The molecule has 0 aliphatic rings. The maximum atomic E-state index is 11.8. The normalized spacial score (nSPS) is 13.3. The van der Waals surface area contributed by atoms with Gasteiger partial charge in [-0.05, 0) is 25.1 Å². The zero-order valence-electron chi connectivity index (χ0n) is 10.9. The maximum absolute atomic E-state index is 11.8. The summed E-state index contributed by atoms with van der Waals surface area (Å²) in [5.41, 5.74) is 0.621. The highest BCUT2D eigenvalue weighted by atomic mass is 79.9. The molecule has 0 aromatic heterocycles. The third-order valence-corrected chi connectivity index (χ3v) is 2.87. The molecule has 1 aromatic carbocycles. The number of rotatable bonds is 7. The highest BCUT2D eigenvalue weighted by molar-refractivity contribution is 9.10. The smallest absolute Gasteiger partial charge is 0.411 e. The molecule has 1 rings (SSSR count). The molecule has 0 radical (unpaired) electrons. The van der Waals surface area contributed by atoms with Crippen LogP contribution in [0.1, 0.15) is 25.0 Å². The Balaban J connectivity index is 2.35. The summed E-state index contributed by atoms with van der Waals surface area (Å²) in [6.45, 7) is 0.560. The zero-order chi connectivity index (χ0) is 15.2. The molecule has 0 saturated carbocycles. The second-order valence-corrected chi connectivity index (χ2v) is 5.14. The topological polar surface area (TPSA) is 38.7 Å². The average molecular weight is 357 g/mol. The van der Waals surface area contributed by atoms with Crippen molar-refractivity contribution in [2.24, 2.45) is 0 Å². The number of alkyl halides is 3. The van der Waals surface area contributed by atoms with Crippen molar-refractivity contribution in [2.75, 3.05) is 19.8 Å². The van der Waals surface area contributed by atoms with Crippen molar-refractivity contribution in [1.29, 1.82) is 0 Å². The van der Waals surface area contributed by atoms with Crippen LogP contribution in [-0.4, -0.2) is 31.1 Å². The molecule has 1 unspecified atom stereocenters. The van der Waals surface area contributed by atoms with Crippen molar-refractivity contribution < 1.29 is 27.8 Å². The van der Waals surface area contributed by atoms with E-state index in [1.54, 1.807) is 25.1 Å². The Morgan fingerprint density at radius 2 is 2.00 bits per heavy atom. The average Bonchev–Trinajstić information content (AvgIpc) is 2.33. The maximum Gasteiger partial charge on any atom is 0.411 e. The van der Waals surface area contributed by atoms with Crippen LogP contribution in [-0.2, 0) is 4.74 Å². The summed E-state index contributed by atoms with van der Waals surface area (Å²) in [7, 11) is 0. The van der Waals surface area contributed by atoms with Gasteiger partial charge in [-0.1, -0.05) is 15.9 Å². The fourth-order valence-electron chi connectivity index (χ4n) is 1.51. The summed E-state index contributed by atoms with van der Waals surface area (Å²) in [4.78, 5) is 0. The van der Waals surface area contributed by atoms with Crippen LogP contribution < -0.4 is 4.74 Å². The first kappa shape index (κ1) is 17.3. The Morgan fingerprint density at radius 3 is 2.60 bits per heavy atom. The van der Waals surface area contributed by atoms with Crippen molar-refractivity contribution in [2.45, 2.75) is 25.6 Å². The van der Waals surface area contributed by atoms with Gasteiger partial charge >= 0.3 is 6.18 Å². The van der Waals surface area contributed by atoms with E-state index >= 15 is 0 Å². The van der Waals surface area contributed by atoms with Crippen LogP contribution >= 0.6 is 15.9 Å². The standard InChI is InChI=1S/C13H16BrF3O3/c1-9(18)11-7-10(14)3-4-12(11)20-6-2-5-19-8-13(15,16)17/h3-4,7,9,18H,2,5-6,8H2,1H3. The van der Waals surface area contributed by atoms with Gasteiger partial charge in [-0.2, -0.15) is 13.2 Å². The summed E-state index contributed by atoms with van der Waals surface area (Å²) in [6, 6.07) is 5.20. The molecule has 0 aliphatic heterocycles. The van der Waals surface area contributed by atoms with Crippen molar-refractivity contribution in [3.63, 3.8) is 0 Å². The van der Waals surface area contributed by atoms with Gasteiger partial charge in [-0.3, -0.25) is 0 Å². The van der Waals surface area contributed by atoms with Gasteiger partial charge < -0.3 is 14.6 Å². The van der Waals surface area contributed by atoms with E-state index in [-0.39, 0.29) is 13.2 Å². The molecular weight excluding hydrogens is 341 g/mol. The number of ether oxygens (including phenoxy) is 2. The van der Waals surface area contributed by atoms with Crippen LogP contribution in [0.3, 0.4) is 0 Å². The lowest BCUT2D eigenvalue weighted by Crippen LogP contribution is -2.18. The molecule has 0 bridgehead atoms. The van der Waals surface area contributed by atoms with Crippen molar-refractivity contribution in [3.05, 3.63) is 28.2 Å². The molecule has 1 atom stereocenters. The minimum absolute atomic E-state index is 0.0277. The van der Waals surface area contributed by atoms with E-state index in [2.05, 4.69) is 20.7 Å². The van der Waals surface area contributed by atoms with E-state index in [0.717, 1.165) is 4.47 Å². The Kier molecular flexibility index (Phi) is 6.78. The first-order chi connectivity index (χ1) is 9.29. The summed E-state index contributed by atoms with van der Waals surface area (Å²) < 4.78 is 46.2. The van der Waals surface area contributed by atoms with Crippen LogP contribution in [0.15, 0.2) is 22.7 Å². The van der Waals surface area contributed by atoms with E-state index in [1.807, 2.05) is 0 Å². The molecule has 3 nitrogen and oxygen atoms in total. The van der Waals surface area contributed by atoms with Crippen LogP contribution in [0.5, 0.6) is 5.75 Å². The van der Waals surface area contributed by atoms with Crippen LogP contribution in [0.4, 0.5) is 13.2 Å². The van der Waals surface area contributed by atoms with Gasteiger partial charge in [-0.15, -0.1) is 0 Å². The summed E-state index contributed by atoms with van der Waals surface area (Å²) in [5.74, 6) is 0.513. The third-order valence-electron chi connectivity index (χ3n) is 2.38. The number of hydrogen-bond acceptors (Lipinski definition) is 3. The Labute approximate surface area is 123 Å². The van der Waals surface area contributed by atoms with Crippen LogP contribution in [0, 0.1) is 0 Å². The van der Waals surface area contributed by atoms with Crippen molar-refractivity contribution in [1.82, 2.24) is 0 Å². The summed E-state index contributed by atoms with van der Waals surface area (Å²) >= 11 is 3.29.